The van der Waals surface area contributed by atoms with Gasteiger partial charge in [0.2, 0.25) is 5.91 Å². The van der Waals surface area contributed by atoms with Crippen LogP contribution in [-0.4, -0.2) is 39.5 Å². The molecule has 2 aromatic rings. The molecule has 6 nitrogen and oxygen atoms in total. The molecule has 25 heavy (non-hydrogen) atoms. The number of benzene rings is 1. The molecular formula is C17H17ClN2O4S. The Morgan fingerprint density at radius 1 is 1.32 bits per heavy atom. The highest BCUT2D eigenvalue weighted by atomic mass is 35.5. The number of rotatable bonds is 8. The number of carbonyl (C=O) groups excluding carboxylic acids is 1. The molecule has 1 saturated carbocycles. The van der Waals surface area contributed by atoms with E-state index in [1.807, 2.05) is 5.38 Å². The van der Waals surface area contributed by atoms with E-state index in [0.29, 0.717) is 23.1 Å². The highest BCUT2D eigenvalue weighted by Gasteiger charge is 2.33. The lowest BCUT2D eigenvalue weighted by molar-refractivity contribution is -0.144. The van der Waals surface area contributed by atoms with Gasteiger partial charge in [-0.1, -0.05) is 11.6 Å². The summed E-state index contributed by atoms with van der Waals surface area (Å²) in [5, 5.41) is 12.2. The lowest BCUT2D eigenvalue weighted by Gasteiger charge is -2.19. The predicted octanol–water partition coefficient (Wildman–Crippen LogP) is 2.99. The Labute approximate surface area is 154 Å². The van der Waals surface area contributed by atoms with Crippen molar-refractivity contribution in [2.24, 2.45) is 0 Å². The van der Waals surface area contributed by atoms with Gasteiger partial charge in [-0.2, -0.15) is 0 Å². The van der Waals surface area contributed by atoms with Gasteiger partial charge >= 0.3 is 5.97 Å². The van der Waals surface area contributed by atoms with Crippen LogP contribution in [0.1, 0.15) is 23.5 Å². The number of halogens is 1. The number of carbonyl (C=O) groups is 2. The first-order chi connectivity index (χ1) is 12.0. The molecule has 1 heterocycles. The number of ether oxygens (including phenoxy) is 1. The molecule has 132 valence electrons. The fourth-order valence-electron chi connectivity index (χ4n) is 2.38. The van der Waals surface area contributed by atoms with Gasteiger partial charge in [-0.25, -0.2) is 4.98 Å². The molecule has 0 saturated heterocycles. The van der Waals surface area contributed by atoms with Crippen LogP contribution in [0.5, 0.6) is 5.75 Å². The normalized spacial score (nSPS) is 13.5. The van der Waals surface area contributed by atoms with E-state index in [2.05, 4.69) is 4.98 Å². The molecule has 0 aliphatic heterocycles. The largest absolute Gasteiger partial charge is 0.486 e. The van der Waals surface area contributed by atoms with Crippen LogP contribution < -0.4 is 4.74 Å². The molecule has 1 aliphatic rings. The smallest absolute Gasteiger partial charge is 0.323 e. The number of amides is 1. The maximum Gasteiger partial charge on any atom is 0.323 e. The zero-order chi connectivity index (χ0) is 17.8. The Morgan fingerprint density at radius 2 is 2.04 bits per heavy atom. The van der Waals surface area contributed by atoms with Crippen LogP contribution in [0, 0.1) is 0 Å². The number of aromatic nitrogens is 1. The minimum Gasteiger partial charge on any atom is -0.486 e. The number of thiazole rings is 1. The second kappa shape index (κ2) is 7.84. The standard InChI is InChI=1S/C17H17ClN2O4S/c18-11-1-5-14(6-2-11)24-9-15-19-12(10-25-15)7-16(21)20(8-17(22)23)13-3-4-13/h1-2,5-6,10,13H,3-4,7-9H2,(H,22,23). The first kappa shape index (κ1) is 17.7. The van der Waals surface area contributed by atoms with Gasteiger partial charge in [0, 0.05) is 16.4 Å². The Bertz CT molecular complexity index is 758. The van der Waals surface area contributed by atoms with Crippen LogP contribution in [-0.2, 0) is 22.6 Å². The summed E-state index contributed by atoms with van der Waals surface area (Å²) in [5.41, 5.74) is 0.640. The first-order valence-electron chi connectivity index (χ1n) is 7.84. The fraction of sp³-hybridized carbons (Fsp3) is 0.353. The molecule has 8 heteroatoms. The summed E-state index contributed by atoms with van der Waals surface area (Å²) in [6.45, 7) is 0.0577. The SMILES string of the molecule is O=C(O)CN(C(=O)Cc1csc(COc2ccc(Cl)cc2)n1)C1CC1. The van der Waals surface area contributed by atoms with Gasteiger partial charge in [0.15, 0.2) is 0 Å². The quantitative estimate of drug-likeness (QED) is 0.761. The average Bonchev–Trinajstić information content (AvgIpc) is 3.32. The number of nitrogens with zero attached hydrogens (tertiary/aromatic N) is 2. The third-order valence-corrected chi connectivity index (χ3v) is 4.84. The molecule has 0 atom stereocenters. The number of carboxylic acids is 1. The highest BCUT2D eigenvalue weighted by molar-refractivity contribution is 7.09. The van der Waals surface area contributed by atoms with Crippen molar-refractivity contribution in [2.45, 2.75) is 31.9 Å². The fourth-order valence-corrected chi connectivity index (χ4v) is 3.21. The molecule has 0 spiro atoms. The van der Waals surface area contributed by atoms with E-state index >= 15 is 0 Å². The van der Waals surface area contributed by atoms with Crippen molar-refractivity contribution in [3.8, 4) is 5.75 Å². The van der Waals surface area contributed by atoms with E-state index in [4.69, 9.17) is 21.4 Å². The van der Waals surface area contributed by atoms with Crippen LogP contribution in [0.4, 0.5) is 0 Å². The third kappa shape index (κ3) is 5.17. The Hall–Kier alpha value is -2.12. The lowest BCUT2D eigenvalue weighted by atomic mass is 10.3. The summed E-state index contributed by atoms with van der Waals surface area (Å²) in [5.74, 6) is -0.491. The topological polar surface area (TPSA) is 79.7 Å². The number of hydrogen-bond acceptors (Lipinski definition) is 5. The highest BCUT2D eigenvalue weighted by Crippen LogP contribution is 2.27. The van der Waals surface area contributed by atoms with Crippen molar-refractivity contribution in [1.82, 2.24) is 9.88 Å². The van der Waals surface area contributed by atoms with Gasteiger partial charge < -0.3 is 14.7 Å². The van der Waals surface area contributed by atoms with Crippen molar-refractivity contribution in [2.75, 3.05) is 6.54 Å². The minimum atomic E-state index is -0.990. The number of carboxylic acid groups (broad SMARTS) is 1. The van der Waals surface area contributed by atoms with Gasteiger partial charge in [-0.15, -0.1) is 11.3 Å². The maximum absolute atomic E-state index is 12.3. The zero-order valence-corrected chi connectivity index (χ0v) is 14.9. The predicted molar refractivity (Wildman–Crippen MR) is 94.0 cm³/mol. The summed E-state index contributed by atoms with van der Waals surface area (Å²) >= 11 is 7.24. The van der Waals surface area contributed by atoms with Gasteiger partial charge in [-0.3, -0.25) is 9.59 Å². The van der Waals surface area contributed by atoms with Gasteiger partial charge in [0.05, 0.1) is 12.1 Å². The second-order valence-electron chi connectivity index (χ2n) is 5.80. The molecule has 1 N–H and O–H groups in total. The summed E-state index contributed by atoms with van der Waals surface area (Å²) < 4.78 is 5.63. The Morgan fingerprint density at radius 3 is 2.68 bits per heavy atom. The van der Waals surface area contributed by atoms with Crippen LogP contribution in [0.25, 0.3) is 0 Å². The van der Waals surface area contributed by atoms with Gasteiger partial charge in [-0.05, 0) is 37.1 Å². The second-order valence-corrected chi connectivity index (χ2v) is 7.18. The molecule has 1 fully saturated rings. The first-order valence-corrected chi connectivity index (χ1v) is 9.10. The number of aliphatic carboxylic acids is 1. The van der Waals surface area contributed by atoms with Crippen LogP contribution >= 0.6 is 22.9 Å². The van der Waals surface area contributed by atoms with E-state index in [-0.39, 0.29) is 24.9 Å². The van der Waals surface area contributed by atoms with Crippen LogP contribution in [0.3, 0.4) is 0 Å². The minimum absolute atomic E-state index is 0.0648. The van der Waals surface area contributed by atoms with Crippen molar-refractivity contribution >= 4 is 34.8 Å². The number of hydrogen-bond donors (Lipinski definition) is 1. The molecule has 0 unspecified atom stereocenters. The molecule has 1 aliphatic carbocycles. The monoisotopic (exact) mass is 380 g/mol. The molecule has 0 radical (unpaired) electrons. The summed E-state index contributed by atoms with van der Waals surface area (Å²) in [4.78, 5) is 29.1. The third-order valence-electron chi connectivity index (χ3n) is 3.72. The van der Waals surface area contributed by atoms with Gasteiger partial charge in [0.1, 0.15) is 23.9 Å². The van der Waals surface area contributed by atoms with Crippen LogP contribution in [0.15, 0.2) is 29.6 Å². The van der Waals surface area contributed by atoms with Gasteiger partial charge in [0.25, 0.3) is 0 Å². The van der Waals surface area contributed by atoms with E-state index < -0.39 is 5.97 Å². The maximum atomic E-state index is 12.3. The van der Waals surface area contributed by atoms with Crippen molar-refractivity contribution in [3.05, 3.63) is 45.4 Å². The molecule has 1 aromatic heterocycles. The molecule has 1 amide bonds. The zero-order valence-electron chi connectivity index (χ0n) is 13.4. The lowest BCUT2D eigenvalue weighted by Crippen LogP contribution is -2.38. The Balaban J connectivity index is 1.54. The Kier molecular flexibility index (Phi) is 5.55. The van der Waals surface area contributed by atoms with Crippen LogP contribution in [0.2, 0.25) is 5.02 Å². The molecule has 0 bridgehead atoms. The van der Waals surface area contributed by atoms with E-state index in [1.54, 1.807) is 24.3 Å². The van der Waals surface area contributed by atoms with E-state index in [1.165, 1.54) is 16.2 Å². The molecule has 3 rings (SSSR count). The van der Waals surface area contributed by atoms with Crippen molar-refractivity contribution in [1.29, 1.82) is 0 Å². The average molecular weight is 381 g/mol. The van der Waals surface area contributed by atoms with E-state index in [0.717, 1.165) is 17.8 Å². The molecular weight excluding hydrogens is 364 g/mol. The molecule has 1 aromatic carbocycles. The van der Waals surface area contributed by atoms with E-state index in [9.17, 15) is 9.59 Å². The summed E-state index contributed by atoms with van der Waals surface area (Å²) in [6.07, 6.45) is 1.85. The van der Waals surface area contributed by atoms with Crippen molar-refractivity contribution in [3.63, 3.8) is 0 Å². The summed E-state index contributed by atoms with van der Waals surface area (Å²) in [6, 6.07) is 7.12. The van der Waals surface area contributed by atoms with Crippen molar-refractivity contribution < 1.29 is 19.4 Å². The summed E-state index contributed by atoms with van der Waals surface area (Å²) in [7, 11) is 0.